The minimum atomic E-state index is 0.338. The van der Waals surface area contributed by atoms with Gasteiger partial charge in [-0.25, -0.2) is 4.99 Å². The maximum absolute atomic E-state index is 5.88. The molecule has 0 bridgehead atoms. The lowest BCUT2D eigenvalue weighted by Gasteiger charge is -2.40. The number of benzene rings is 1. The van der Waals surface area contributed by atoms with E-state index in [1.54, 1.807) is 11.3 Å². The second kappa shape index (κ2) is 8.07. The van der Waals surface area contributed by atoms with Crippen molar-refractivity contribution in [1.29, 1.82) is 0 Å². The first kappa shape index (κ1) is 19.2. The lowest BCUT2D eigenvalue weighted by Crippen LogP contribution is -2.55. The van der Waals surface area contributed by atoms with Gasteiger partial charge in [0.25, 0.3) is 0 Å². The zero-order valence-corrected chi connectivity index (χ0v) is 17.7. The smallest absolute Gasteiger partial charge is 0.139 e. The number of likely N-dealkylation sites (N-methyl/N-ethyl adjacent to an activating group) is 1. The molecule has 1 fully saturated rings. The van der Waals surface area contributed by atoms with Crippen molar-refractivity contribution in [2.24, 2.45) is 4.99 Å². The molecule has 6 heteroatoms. The van der Waals surface area contributed by atoms with Gasteiger partial charge in [-0.3, -0.25) is 4.90 Å². The molecular weight excluding hydrogens is 368 g/mol. The highest BCUT2D eigenvalue weighted by molar-refractivity contribution is 7.16. The summed E-state index contributed by atoms with van der Waals surface area (Å²) in [6.07, 6.45) is 0. The number of amidine groups is 1. The molecule has 0 amide bonds. The number of anilines is 2. The van der Waals surface area contributed by atoms with Crippen LogP contribution >= 0.6 is 11.3 Å². The van der Waals surface area contributed by atoms with Gasteiger partial charge < -0.3 is 15.0 Å². The standard InChI is InChI=1S/C22H28N4OS/c1-15(2)13-27-14-17-12-26(10-9-25(17)4)21-18-11-16(3)28-22(18)24-20-8-6-5-7-19(20)23-21/h5-8,11,17,24H,1,9-10,12-14H2,2-4H3/t17-/m1/s1. The van der Waals surface area contributed by atoms with Gasteiger partial charge in [-0.15, -0.1) is 11.3 Å². The highest BCUT2D eigenvalue weighted by atomic mass is 32.1. The van der Waals surface area contributed by atoms with Crippen molar-refractivity contribution in [1.82, 2.24) is 9.80 Å². The van der Waals surface area contributed by atoms with Crippen LogP contribution in [0.4, 0.5) is 16.4 Å². The number of thiophene rings is 1. The number of nitrogens with zero attached hydrogens (tertiary/aromatic N) is 3. The van der Waals surface area contributed by atoms with Crippen LogP contribution in [0, 0.1) is 6.92 Å². The molecule has 4 rings (SSSR count). The van der Waals surface area contributed by atoms with Gasteiger partial charge in [-0.1, -0.05) is 24.3 Å². The van der Waals surface area contributed by atoms with Gasteiger partial charge in [0.2, 0.25) is 0 Å². The molecule has 1 atom stereocenters. The van der Waals surface area contributed by atoms with Crippen LogP contribution in [0.5, 0.6) is 0 Å². The summed E-state index contributed by atoms with van der Waals surface area (Å²) in [5, 5.41) is 4.77. The van der Waals surface area contributed by atoms with Crippen molar-refractivity contribution in [3.8, 4) is 0 Å². The third kappa shape index (κ3) is 3.99. The molecule has 2 aliphatic rings. The van der Waals surface area contributed by atoms with Crippen molar-refractivity contribution in [3.05, 3.63) is 52.9 Å². The second-order valence-corrected chi connectivity index (χ2v) is 8.99. The SMILES string of the molecule is C=C(C)COC[C@H]1CN(C2=Nc3ccccc3Nc3sc(C)cc32)CCN1C. The predicted molar refractivity (Wildman–Crippen MR) is 119 cm³/mol. The molecule has 0 aliphatic carbocycles. The van der Waals surface area contributed by atoms with Crippen LogP contribution in [0.2, 0.25) is 0 Å². The summed E-state index contributed by atoms with van der Waals surface area (Å²) in [4.78, 5) is 11.2. The first-order valence-electron chi connectivity index (χ1n) is 9.74. The lowest BCUT2D eigenvalue weighted by molar-refractivity contribution is 0.0488. The van der Waals surface area contributed by atoms with E-state index in [1.165, 1.54) is 15.4 Å². The number of piperazine rings is 1. The van der Waals surface area contributed by atoms with Crippen molar-refractivity contribution in [2.45, 2.75) is 19.9 Å². The number of hydrogen-bond acceptors (Lipinski definition) is 6. The summed E-state index contributed by atoms with van der Waals surface area (Å²) in [5.74, 6) is 1.06. The Bertz CT molecular complexity index is 904. The molecule has 1 N–H and O–H groups in total. The summed E-state index contributed by atoms with van der Waals surface area (Å²) in [7, 11) is 2.18. The lowest BCUT2D eigenvalue weighted by atomic mass is 10.1. The van der Waals surface area contributed by atoms with E-state index < -0.39 is 0 Å². The predicted octanol–water partition coefficient (Wildman–Crippen LogP) is 4.40. The van der Waals surface area contributed by atoms with Gasteiger partial charge in [-0.05, 0) is 39.1 Å². The van der Waals surface area contributed by atoms with E-state index >= 15 is 0 Å². The molecule has 2 aromatic rings. The summed E-state index contributed by atoms with van der Waals surface area (Å²) >= 11 is 1.79. The van der Waals surface area contributed by atoms with Gasteiger partial charge in [0.15, 0.2) is 0 Å². The van der Waals surface area contributed by atoms with Crippen LogP contribution in [0.1, 0.15) is 17.4 Å². The second-order valence-electron chi connectivity index (χ2n) is 7.73. The number of ether oxygens (including phenoxy) is 1. The molecule has 1 aromatic heterocycles. The van der Waals surface area contributed by atoms with Crippen LogP contribution in [-0.2, 0) is 4.74 Å². The quantitative estimate of drug-likeness (QED) is 0.778. The fourth-order valence-corrected chi connectivity index (χ4v) is 4.60. The fraction of sp³-hybridized carbons (Fsp3) is 0.409. The highest BCUT2D eigenvalue weighted by Gasteiger charge is 2.30. The third-order valence-corrected chi connectivity index (χ3v) is 6.18. The Morgan fingerprint density at radius 1 is 1.36 bits per heavy atom. The number of para-hydroxylation sites is 2. The van der Waals surface area contributed by atoms with E-state index in [2.05, 4.69) is 59.9 Å². The van der Waals surface area contributed by atoms with Gasteiger partial charge >= 0.3 is 0 Å². The van der Waals surface area contributed by atoms with Crippen molar-refractivity contribution < 1.29 is 4.74 Å². The van der Waals surface area contributed by atoms with E-state index in [9.17, 15) is 0 Å². The molecule has 0 radical (unpaired) electrons. The molecule has 0 saturated carbocycles. The van der Waals surface area contributed by atoms with Crippen LogP contribution in [-0.4, -0.2) is 61.6 Å². The third-order valence-electron chi connectivity index (χ3n) is 5.21. The molecule has 1 saturated heterocycles. The summed E-state index contributed by atoms with van der Waals surface area (Å²) in [6.45, 7) is 12.3. The van der Waals surface area contributed by atoms with Gasteiger partial charge in [-0.2, -0.15) is 0 Å². The van der Waals surface area contributed by atoms with E-state index in [1.807, 2.05) is 13.0 Å². The molecule has 2 aliphatic heterocycles. The Hall–Kier alpha value is -2.15. The monoisotopic (exact) mass is 396 g/mol. The van der Waals surface area contributed by atoms with Crippen molar-refractivity contribution in [3.63, 3.8) is 0 Å². The number of fused-ring (bicyclic) bond motifs is 2. The van der Waals surface area contributed by atoms with E-state index in [0.717, 1.165) is 42.4 Å². The molecule has 0 unspecified atom stereocenters. The zero-order valence-electron chi connectivity index (χ0n) is 16.9. The minimum absolute atomic E-state index is 0.338. The Morgan fingerprint density at radius 3 is 3.00 bits per heavy atom. The Kier molecular flexibility index (Phi) is 5.53. The van der Waals surface area contributed by atoms with Crippen LogP contribution in [0.15, 0.2) is 47.5 Å². The first-order valence-corrected chi connectivity index (χ1v) is 10.6. The molecule has 1 aromatic carbocycles. The van der Waals surface area contributed by atoms with E-state index in [-0.39, 0.29) is 0 Å². The molecule has 0 spiro atoms. The number of nitrogens with one attached hydrogen (secondary N) is 1. The molecular formula is C22H28N4OS. The maximum Gasteiger partial charge on any atom is 0.139 e. The number of hydrogen-bond donors (Lipinski definition) is 1. The zero-order chi connectivity index (χ0) is 19.7. The minimum Gasteiger partial charge on any atom is -0.375 e. The first-order chi connectivity index (χ1) is 13.5. The molecule has 148 valence electrons. The normalized spacial score (nSPS) is 19.3. The largest absolute Gasteiger partial charge is 0.375 e. The van der Waals surface area contributed by atoms with Gasteiger partial charge in [0.05, 0.1) is 36.2 Å². The average molecular weight is 397 g/mol. The Morgan fingerprint density at radius 2 is 2.18 bits per heavy atom. The Balaban J connectivity index is 1.62. The Labute approximate surface area is 171 Å². The number of rotatable bonds is 4. The van der Waals surface area contributed by atoms with Crippen LogP contribution < -0.4 is 5.32 Å². The summed E-state index contributed by atoms with van der Waals surface area (Å²) in [5.41, 5.74) is 4.32. The molecule has 28 heavy (non-hydrogen) atoms. The molecule has 3 heterocycles. The van der Waals surface area contributed by atoms with E-state index in [0.29, 0.717) is 19.3 Å². The van der Waals surface area contributed by atoms with Crippen LogP contribution in [0.25, 0.3) is 0 Å². The summed E-state index contributed by atoms with van der Waals surface area (Å²) < 4.78 is 5.88. The van der Waals surface area contributed by atoms with Gasteiger partial charge in [0.1, 0.15) is 10.8 Å². The van der Waals surface area contributed by atoms with E-state index in [4.69, 9.17) is 9.73 Å². The van der Waals surface area contributed by atoms with Crippen LogP contribution in [0.3, 0.4) is 0 Å². The average Bonchev–Trinajstić information content (AvgIpc) is 2.95. The topological polar surface area (TPSA) is 40.1 Å². The molecule has 5 nitrogen and oxygen atoms in total. The van der Waals surface area contributed by atoms with Crippen molar-refractivity contribution >= 4 is 33.5 Å². The summed E-state index contributed by atoms with van der Waals surface area (Å²) in [6, 6.07) is 10.9. The maximum atomic E-state index is 5.88. The number of aliphatic imine (C=N–C) groups is 1. The van der Waals surface area contributed by atoms with Gasteiger partial charge in [0, 0.05) is 24.5 Å². The highest BCUT2D eigenvalue weighted by Crippen LogP contribution is 2.39. The fourth-order valence-electron chi connectivity index (χ4n) is 3.68. The number of aryl methyl sites for hydroxylation is 1. The van der Waals surface area contributed by atoms with Crippen molar-refractivity contribution in [2.75, 3.05) is 45.2 Å².